The van der Waals surface area contributed by atoms with E-state index in [2.05, 4.69) is 30.6 Å². The van der Waals surface area contributed by atoms with E-state index in [1.165, 1.54) is 28.9 Å². The van der Waals surface area contributed by atoms with Crippen molar-refractivity contribution in [3.63, 3.8) is 0 Å². The number of nitrogens with one attached hydrogen (secondary N) is 2. The van der Waals surface area contributed by atoms with Gasteiger partial charge in [-0.2, -0.15) is 32.0 Å². The maximum atomic E-state index is 12.7. The van der Waals surface area contributed by atoms with Gasteiger partial charge in [-0.3, -0.25) is 10.1 Å². The zero-order valence-corrected chi connectivity index (χ0v) is 22.6. The molecule has 1 saturated heterocycles. The number of carbonyl (C=O) groups excluding carboxylic acids is 1. The number of aromatic nitrogens is 4. The predicted molar refractivity (Wildman–Crippen MR) is 140 cm³/mol. The number of rotatable bonds is 7. The molecule has 2 N–H and O–H groups in total. The van der Waals surface area contributed by atoms with Crippen LogP contribution in [-0.2, 0) is 10.2 Å². The maximum absolute atomic E-state index is 12.7. The van der Waals surface area contributed by atoms with E-state index in [-0.39, 0.29) is 11.9 Å². The molecule has 36 heavy (non-hydrogen) atoms. The first-order valence-electron chi connectivity index (χ1n) is 11.0. The Balaban J connectivity index is 1.44. The number of benzene rings is 1. The van der Waals surface area contributed by atoms with Crippen LogP contribution in [0, 0.1) is 13.8 Å². The van der Waals surface area contributed by atoms with Crippen molar-refractivity contribution in [1.82, 2.24) is 28.5 Å². The fraction of sp³-hybridized carbons (Fsp3) is 0.381. The lowest BCUT2D eigenvalue weighted by atomic mass is 10.2. The van der Waals surface area contributed by atoms with Crippen LogP contribution in [0.3, 0.4) is 0 Å². The van der Waals surface area contributed by atoms with Crippen LogP contribution in [0.1, 0.15) is 21.1 Å². The molecule has 0 saturated carbocycles. The number of piperazine rings is 1. The summed E-state index contributed by atoms with van der Waals surface area (Å²) in [6.07, 6.45) is 1.47. The van der Waals surface area contributed by atoms with Crippen LogP contribution in [0.2, 0.25) is 5.02 Å². The molecule has 0 bridgehead atoms. The molecule has 12 nitrogen and oxygen atoms in total. The first kappa shape index (κ1) is 26.2. The van der Waals surface area contributed by atoms with E-state index in [1.54, 1.807) is 13.0 Å². The van der Waals surface area contributed by atoms with Crippen molar-refractivity contribution in [3.05, 3.63) is 45.7 Å². The molecule has 0 radical (unpaired) electrons. The van der Waals surface area contributed by atoms with Gasteiger partial charge in [0.1, 0.15) is 10.7 Å². The molecule has 192 valence electrons. The van der Waals surface area contributed by atoms with Crippen LogP contribution >= 0.6 is 22.9 Å². The second-order valence-electron chi connectivity index (χ2n) is 8.22. The summed E-state index contributed by atoms with van der Waals surface area (Å²) >= 11 is 7.36. The number of amides is 1. The van der Waals surface area contributed by atoms with Crippen LogP contribution in [-0.4, -0.2) is 83.1 Å². The molecule has 0 spiro atoms. The van der Waals surface area contributed by atoms with Gasteiger partial charge in [-0.1, -0.05) is 35.1 Å². The number of halogens is 1. The van der Waals surface area contributed by atoms with Gasteiger partial charge >= 0.3 is 0 Å². The Labute approximate surface area is 218 Å². The molecular weight excluding hydrogens is 526 g/mol. The van der Waals surface area contributed by atoms with E-state index >= 15 is 0 Å². The summed E-state index contributed by atoms with van der Waals surface area (Å²) in [5, 5.41) is 6.76. The molecule has 1 aromatic carbocycles. The Morgan fingerprint density at radius 2 is 1.83 bits per heavy atom. The summed E-state index contributed by atoms with van der Waals surface area (Å²) in [5.74, 6) is 0.893. The van der Waals surface area contributed by atoms with E-state index in [0.717, 1.165) is 16.9 Å². The summed E-state index contributed by atoms with van der Waals surface area (Å²) in [4.78, 5) is 32.5. The predicted octanol–water partition coefficient (Wildman–Crippen LogP) is 2.52. The van der Waals surface area contributed by atoms with Gasteiger partial charge in [0.25, 0.3) is 16.1 Å². The fourth-order valence-corrected chi connectivity index (χ4v) is 5.57. The third kappa shape index (κ3) is 5.73. The molecule has 0 atom stereocenters. The fourth-order valence-electron chi connectivity index (χ4n) is 3.51. The number of nitrogens with zero attached hydrogens (tertiary/aromatic N) is 7. The lowest BCUT2D eigenvalue weighted by Gasteiger charge is -2.35. The molecule has 4 rings (SSSR count). The van der Waals surface area contributed by atoms with Crippen LogP contribution in [0.25, 0.3) is 0 Å². The highest BCUT2D eigenvalue weighted by Gasteiger charge is 2.29. The van der Waals surface area contributed by atoms with Crippen molar-refractivity contribution < 1.29 is 13.2 Å². The summed E-state index contributed by atoms with van der Waals surface area (Å²) in [5.41, 5.74) is 1.41. The molecule has 0 aliphatic carbocycles. The number of carbonyl (C=O) groups is 1. The molecule has 3 heterocycles. The summed E-state index contributed by atoms with van der Waals surface area (Å²) in [7, 11) is -0.436. The summed E-state index contributed by atoms with van der Waals surface area (Å²) in [6.45, 7) is 5.14. The van der Waals surface area contributed by atoms with Crippen LogP contribution in [0.15, 0.2) is 24.4 Å². The maximum Gasteiger partial charge on any atom is 0.281 e. The SMILES string of the molecule is Cc1nc(Nc2ncc(C(=O)Nc3c(C)cccc3Cl)s2)nc(N2CCN(S(=O)(=O)N(C)C)CC2)n1. The van der Waals surface area contributed by atoms with Crippen LogP contribution < -0.4 is 15.5 Å². The van der Waals surface area contributed by atoms with Gasteiger partial charge in [0.05, 0.1) is 16.9 Å². The highest BCUT2D eigenvalue weighted by molar-refractivity contribution is 7.86. The standard InChI is InChI=1S/C21H26ClN9O3S2/c1-13-6-5-7-15(22)17(13)26-18(32)16-12-23-21(35-16)28-19-24-14(2)25-20(27-19)30-8-10-31(11-9-30)36(33,34)29(3)4/h5-7,12H,8-11H2,1-4H3,(H,26,32)(H,23,24,25,27,28). The van der Waals surface area contributed by atoms with Gasteiger partial charge in [0.15, 0.2) is 5.13 Å². The number of anilines is 4. The Hall–Kier alpha value is -2.91. The molecule has 1 fully saturated rings. The third-order valence-corrected chi connectivity index (χ3v) is 8.62. The Kier molecular flexibility index (Phi) is 7.70. The van der Waals surface area contributed by atoms with E-state index in [9.17, 15) is 13.2 Å². The highest BCUT2D eigenvalue weighted by atomic mass is 35.5. The Bertz CT molecular complexity index is 1350. The minimum absolute atomic E-state index is 0.282. The van der Waals surface area contributed by atoms with Gasteiger partial charge in [-0.15, -0.1) is 0 Å². The molecule has 2 aromatic heterocycles. The molecule has 1 amide bonds. The van der Waals surface area contributed by atoms with E-state index in [1.807, 2.05) is 24.0 Å². The van der Waals surface area contributed by atoms with Gasteiger partial charge < -0.3 is 10.2 Å². The van der Waals surface area contributed by atoms with Crippen molar-refractivity contribution in [2.45, 2.75) is 13.8 Å². The second kappa shape index (κ2) is 10.6. The van der Waals surface area contributed by atoms with Crippen LogP contribution in [0.5, 0.6) is 0 Å². The second-order valence-corrected chi connectivity index (χ2v) is 11.8. The normalized spacial score (nSPS) is 14.8. The van der Waals surface area contributed by atoms with Crippen molar-refractivity contribution >= 4 is 61.8 Å². The van der Waals surface area contributed by atoms with Gasteiger partial charge in [-0.05, 0) is 25.5 Å². The van der Waals surface area contributed by atoms with E-state index in [4.69, 9.17) is 11.6 Å². The zero-order chi connectivity index (χ0) is 26.0. The highest BCUT2D eigenvalue weighted by Crippen LogP contribution is 2.28. The Morgan fingerprint density at radius 1 is 1.11 bits per heavy atom. The lowest BCUT2D eigenvalue weighted by Crippen LogP contribution is -2.52. The number of aryl methyl sites for hydroxylation is 2. The first-order valence-corrected chi connectivity index (χ1v) is 13.6. The smallest absolute Gasteiger partial charge is 0.281 e. The molecule has 1 aliphatic heterocycles. The average molecular weight is 552 g/mol. The molecule has 3 aromatic rings. The van der Waals surface area contributed by atoms with Crippen molar-refractivity contribution in [3.8, 4) is 0 Å². The van der Waals surface area contributed by atoms with Gasteiger partial charge in [0, 0.05) is 40.3 Å². The number of hydrogen-bond donors (Lipinski definition) is 2. The third-order valence-electron chi connectivity index (χ3n) is 5.45. The van der Waals surface area contributed by atoms with E-state index in [0.29, 0.717) is 58.7 Å². The molecule has 1 aliphatic rings. The number of hydrogen-bond acceptors (Lipinski definition) is 10. The molecular formula is C21H26ClN9O3S2. The van der Waals surface area contributed by atoms with E-state index < -0.39 is 10.2 Å². The number of thiazole rings is 1. The van der Waals surface area contributed by atoms with Crippen LogP contribution in [0.4, 0.5) is 22.7 Å². The minimum Gasteiger partial charge on any atom is -0.338 e. The monoisotopic (exact) mass is 551 g/mol. The van der Waals surface area contributed by atoms with Crippen molar-refractivity contribution in [2.24, 2.45) is 0 Å². The number of para-hydroxylation sites is 1. The largest absolute Gasteiger partial charge is 0.338 e. The first-order chi connectivity index (χ1) is 17.0. The van der Waals surface area contributed by atoms with Crippen molar-refractivity contribution in [2.75, 3.05) is 55.8 Å². The summed E-state index contributed by atoms with van der Waals surface area (Å²) in [6, 6.07) is 5.40. The summed E-state index contributed by atoms with van der Waals surface area (Å²) < 4.78 is 27.4. The molecule has 15 heteroatoms. The average Bonchev–Trinajstić information content (AvgIpc) is 3.29. The van der Waals surface area contributed by atoms with Crippen molar-refractivity contribution in [1.29, 1.82) is 0 Å². The van der Waals surface area contributed by atoms with Gasteiger partial charge in [0.2, 0.25) is 11.9 Å². The topological polar surface area (TPSA) is 137 Å². The zero-order valence-electron chi connectivity index (χ0n) is 20.2. The quantitative estimate of drug-likeness (QED) is 0.453. The Morgan fingerprint density at radius 3 is 2.50 bits per heavy atom. The minimum atomic E-state index is -3.46. The van der Waals surface area contributed by atoms with Gasteiger partial charge in [-0.25, -0.2) is 4.98 Å². The lowest BCUT2D eigenvalue weighted by molar-refractivity contribution is 0.103. The molecule has 0 unspecified atom stereocenters.